The molecule has 7 heteroatoms. The second kappa shape index (κ2) is 7.04. The van der Waals surface area contributed by atoms with E-state index in [1.54, 1.807) is 23.7 Å². The fourth-order valence-corrected chi connectivity index (χ4v) is 3.65. The minimum atomic E-state index is 0.161. The summed E-state index contributed by atoms with van der Waals surface area (Å²) in [5.74, 6) is 0.905. The summed E-state index contributed by atoms with van der Waals surface area (Å²) in [6, 6.07) is 1.81. The first-order chi connectivity index (χ1) is 11.1. The summed E-state index contributed by atoms with van der Waals surface area (Å²) in [5, 5.41) is 1.02. The maximum Gasteiger partial charge on any atom is 0.228 e. The number of thiazole rings is 1. The number of rotatable bonds is 3. The van der Waals surface area contributed by atoms with E-state index in [2.05, 4.69) is 19.9 Å². The molecule has 1 fully saturated rings. The Balaban J connectivity index is 1.61. The third kappa shape index (κ3) is 3.85. The van der Waals surface area contributed by atoms with Crippen molar-refractivity contribution in [3.05, 3.63) is 34.0 Å². The Morgan fingerprint density at radius 3 is 2.65 bits per heavy atom. The Kier molecular flexibility index (Phi) is 4.85. The molecule has 2 aromatic heterocycles. The molecule has 0 N–H and O–H groups in total. The summed E-state index contributed by atoms with van der Waals surface area (Å²) in [5.41, 5.74) is 0.921. The van der Waals surface area contributed by atoms with Gasteiger partial charge in [0.05, 0.1) is 17.1 Å². The van der Waals surface area contributed by atoms with Crippen LogP contribution >= 0.6 is 11.3 Å². The Labute approximate surface area is 140 Å². The van der Waals surface area contributed by atoms with E-state index in [1.807, 2.05) is 24.8 Å². The largest absolute Gasteiger partial charge is 0.341 e. The van der Waals surface area contributed by atoms with Gasteiger partial charge in [-0.25, -0.2) is 15.0 Å². The quantitative estimate of drug-likeness (QED) is 0.859. The van der Waals surface area contributed by atoms with Crippen LogP contribution in [-0.2, 0) is 11.2 Å². The van der Waals surface area contributed by atoms with Crippen LogP contribution in [0.4, 0.5) is 5.95 Å². The van der Waals surface area contributed by atoms with E-state index in [0.717, 1.165) is 47.6 Å². The van der Waals surface area contributed by atoms with Crippen LogP contribution in [-0.4, -0.2) is 51.9 Å². The predicted octanol–water partition coefficient (Wildman–Crippen LogP) is 1.83. The maximum atomic E-state index is 12.6. The lowest BCUT2D eigenvalue weighted by molar-refractivity contribution is -0.130. The van der Waals surface area contributed by atoms with Crippen molar-refractivity contribution in [2.45, 2.75) is 26.7 Å². The maximum absolute atomic E-state index is 12.6. The molecule has 1 aliphatic heterocycles. The number of carbonyl (C=O) groups excluding carboxylic acids is 1. The molecule has 0 saturated carbocycles. The van der Waals surface area contributed by atoms with E-state index >= 15 is 0 Å². The number of hydrogen-bond donors (Lipinski definition) is 0. The molecule has 2 aromatic rings. The first kappa shape index (κ1) is 15.9. The normalized spacial score (nSPS) is 15.6. The number of anilines is 1. The molecule has 23 heavy (non-hydrogen) atoms. The van der Waals surface area contributed by atoms with Crippen LogP contribution in [0.15, 0.2) is 18.5 Å². The van der Waals surface area contributed by atoms with Gasteiger partial charge in [0.15, 0.2) is 0 Å². The molecule has 1 saturated heterocycles. The number of hydrogen-bond acceptors (Lipinski definition) is 6. The predicted molar refractivity (Wildman–Crippen MR) is 90.7 cm³/mol. The lowest BCUT2D eigenvalue weighted by Crippen LogP contribution is -2.36. The van der Waals surface area contributed by atoms with Gasteiger partial charge in [0.2, 0.25) is 11.9 Å². The van der Waals surface area contributed by atoms with Gasteiger partial charge in [-0.2, -0.15) is 0 Å². The molecule has 6 nitrogen and oxygen atoms in total. The number of aryl methyl sites for hydroxylation is 2. The van der Waals surface area contributed by atoms with Gasteiger partial charge in [0, 0.05) is 43.4 Å². The standard InChI is InChI=1S/C16H21N5OS/c1-12-14(19-13(2)23-12)11-15(22)20-7-4-8-21(10-9-20)16-17-5-3-6-18-16/h3,5-6H,4,7-11H2,1-2H3. The molecule has 1 aliphatic rings. The monoisotopic (exact) mass is 331 g/mol. The van der Waals surface area contributed by atoms with Gasteiger partial charge in [-0.15, -0.1) is 11.3 Å². The van der Waals surface area contributed by atoms with Crippen molar-refractivity contribution in [2.75, 3.05) is 31.1 Å². The molecule has 0 radical (unpaired) electrons. The van der Waals surface area contributed by atoms with Crippen molar-refractivity contribution < 1.29 is 4.79 Å². The molecule has 0 aliphatic carbocycles. The molecule has 0 atom stereocenters. The van der Waals surface area contributed by atoms with Crippen molar-refractivity contribution in [3.8, 4) is 0 Å². The van der Waals surface area contributed by atoms with Gasteiger partial charge in [-0.05, 0) is 26.3 Å². The summed E-state index contributed by atoms with van der Waals surface area (Å²) >= 11 is 1.65. The average Bonchev–Trinajstić information content (AvgIpc) is 2.76. The summed E-state index contributed by atoms with van der Waals surface area (Å²) in [7, 11) is 0. The molecule has 0 aromatic carbocycles. The number of carbonyl (C=O) groups is 1. The van der Waals surface area contributed by atoms with Gasteiger partial charge in [-0.3, -0.25) is 4.79 Å². The van der Waals surface area contributed by atoms with Crippen molar-refractivity contribution in [1.29, 1.82) is 0 Å². The van der Waals surface area contributed by atoms with Crippen LogP contribution in [0.3, 0.4) is 0 Å². The first-order valence-electron chi connectivity index (χ1n) is 7.86. The number of aromatic nitrogens is 3. The average molecular weight is 331 g/mol. The smallest absolute Gasteiger partial charge is 0.228 e. The van der Waals surface area contributed by atoms with Crippen LogP contribution in [0.25, 0.3) is 0 Å². The highest BCUT2D eigenvalue weighted by Crippen LogP contribution is 2.18. The number of nitrogens with zero attached hydrogens (tertiary/aromatic N) is 5. The lowest BCUT2D eigenvalue weighted by atomic mass is 10.2. The van der Waals surface area contributed by atoms with Gasteiger partial charge >= 0.3 is 0 Å². The van der Waals surface area contributed by atoms with Crippen LogP contribution in [0.5, 0.6) is 0 Å². The van der Waals surface area contributed by atoms with E-state index in [4.69, 9.17) is 0 Å². The van der Waals surface area contributed by atoms with Crippen LogP contribution in [0.1, 0.15) is 22.0 Å². The molecule has 0 unspecified atom stereocenters. The minimum Gasteiger partial charge on any atom is -0.341 e. The molecule has 3 heterocycles. The van der Waals surface area contributed by atoms with E-state index in [0.29, 0.717) is 13.0 Å². The Morgan fingerprint density at radius 2 is 1.96 bits per heavy atom. The van der Waals surface area contributed by atoms with Crippen LogP contribution in [0, 0.1) is 13.8 Å². The summed E-state index contributed by atoms with van der Waals surface area (Å²) in [6.45, 7) is 7.15. The number of amides is 1. The third-order valence-electron chi connectivity index (χ3n) is 4.00. The van der Waals surface area contributed by atoms with Crippen molar-refractivity contribution in [2.24, 2.45) is 0 Å². The zero-order valence-electron chi connectivity index (χ0n) is 13.5. The van der Waals surface area contributed by atoms with E-state index in [-0.39, 0.29) is 5.91 Å². The lowest BCUT2D eigenvalue weighted by Gasteiger charge is -2.21. The molecule has 0 spiro atoms. The highest BCUT2D eigenvalue weighted by Gasteiger charge is 2.21. The minimum absolute atomic E-state index is 0.161. The van der Waals surface area contributed by atoms with Gasteiger partial charge in [0.25, 0.3) is 0 Å². The molecular weight excluding hydrogens is 310 g/mol. The fraction of sp³-hybridized carbons (Fsp3) is 0.500. The Hall–Kier alpha value is -2.02. The summed E-state index contributed by atoms with van der Waals surface area (Å²) in [4.78, 5) is 30.9. The van der Waals surface area contributed by atoms with Crippen molar-refractivity contribution >= 4 is 23.2 Å². The third-order valence-corrected chi connectivity index (χ3v) is 4.93. The highest BCUT2D eigenvalue weighted by molar-refractivity contribution is 7.11. The van der Waals surface area contributed by atoms with Gasteiger partial charge in [-0.1, -0.05) is 0 Å². The second-order valence-corrected chi connectivity index (χ2v) is 7.09. The van der Waals surface area contributed by atoms with E-state index in [1.165, 1.54) is 0 Å². The van der Waals surface area contributed by atoms with E-state index in [9.17, 15) is 4.79 Å². The van der Waals surface area contributed by atoms with Gasteiger partial charge < -0.3 is 9.80 Å². The zero-order valence-corrected chi connectivity index (χ0v) is 14.3. The molecule has 122 valence electrons. The van der Waals surface area contributed by atoms with Crippen LogP contribution in [0.2, 0.25) is 0 Å². The molecule has 0 bridgehead atoms. The first-order valence-corrected chi connectivity index (χ1v) is 8.68. The van der Waals surface area contributed by atoms with Crippen molar-refractivity contribution in [1.82, 2.24) is 19.9 Å². The summed E-state index contributed by atoms with van der Waals surface area (Å²) in [6.07, 6.45) is 4.84. The van der Waals surface area contributed by atoms with Crippen LogP contribution < -0.4 is 4.90 Å². The Morgan fingerprint density at radius 1 is 1.17 bits per heavy atom. The topological polar surface area (TPSA) is 62.2 Å². The Bertz CT molecular complexity index is 672. The highest BCUT2D eigenvalue weighted by atomic mass is 32.1. The zero-order chi connectivity index (χ0) is 16.2. The van der Waals surface area contributed by atoms with Gasteiger partial charge in [0.1, 0.15) is 0 Å². The van der Waals surface area contributed by atoms with Crippen molar-refractivity contribution in [3.63, 3.8) is 0 Å². The molecule has 1 amide bonds. The second-order valence-electron chi connectivity index (χ2n) is 5.68. The SMILES string of the molecule is Cc1nc(CC(=O)N2CCCN(c3ncccn3)CC2)c(C)s1. The molecule has 3 rings (SSSR count). The summed E-state index contributed by atoms with van der Waals surface area (Å²) < 4.78 is 0. The van der Waals surface area contributed by atoms with E-state index < -0.39 is 0 Å². The fourth-order valence-electron chi connectivity index (χ4n) is 2.81. The molecular formula is C16H21N5OS.